The third-order valence-electron chi connectivity index (χ3n) is 0.808. The fraction of sp³-hybridized carbons (Fsp3) is 0.333. The summed E-state index contributed by atoms with van der Waals surface area (Å²) >= 11 is 5.30. The number of ketones is 2. The van der Waals surface area contributed by atoms with Gasteiger partial charge in [0.2, 0.25) is 0 Å². The first-order chi connectivity index (χ1) is 4.09. The van der Waals surface area contributed by atoms with Gasteiger partial charge in [-0.05, 0) is 13.0 Å². The molecule has 1 atom stereocenters. The van der Waals surface area contributed by atoms with Crippen LogP contribution < -0.4 is 0 Å². The molecule has 0 aromatic heterocycles. The van der Waals surface area contributed by atoms with Crippen molar-refractivity contribution in [2.45, 2.75) is 12.3 Å². The molecule has 0 rings (SSSR count). The highest BCUT2D eigenvalue weighted by atomic mass is 35.5. The molecular formula is C6H7ClO2. The summed E-state index contributed by atoms with van der Waals surface area (Å²) in [7, 11) is 0. The number of hydrogen-bond donors (Lipinski definition) is 0. The average molecular weight is 147 g/mol. The minimum Gasteiger partial charge on any atom is -0.298 e. The molecule has 0 saturated carbocycles. The first-order valence-electron chi connectivity index (χ1n) is 2.40. The number of Topliss-reactive ketones (excluding diaryl/α,β-unsaturated/α-hetero) is 1. The van der Waals surface area contributed by atoms with Crippen LogP contribution in [0, 0.1) is 0 Å². The Balaban J connectivity index is 4.03. The largest absolute Gasteiger partial charge is 0.298 e. The molecule has 0 N–H and O–H groups in total. The second-order valence-corrected chi connectivity index (χ2v) is 2.02. The fourth-order valence-electron chi connectivity index (χ4n) is 0.304. The highest BCUT2D eigenvalue weighted by molar-refractivity contribution is 6.43. The van der Waals surface area contributed by atoms with Gasteiger partial charge >= 0.3 is 0 Å². The van der Waals surface area contributed by atoms with Crippen molar-refractivity contribution in [3.05, 3.63) is 12.7 Å². The molecule has 0 aliphatic heterocycles. The molecule has 0 heterocycles. The molecule has 2 nitrogen and oxygen atoms in total. The molecule has 0 aliphatic carbocycles. The molecule has 0 spiro atoms. The molecule has 0 saturated heterocycles. The van der Waals surface area contributed by atoms with Crippen molar-refractivity contribution in [1.29, 1.82) is 0 Å². The summed E-state index contributed by atoms with van der Waals surface area (Å²) in [6, 6.07) is 0. The zero-order valence-electron chi connectivity index (χ0n) is 5.06. The molecule has 50 valence electrons. The highest BCUT2D eigenvalue weighted by Gasteiger charge is 2.15. The van der Waals surface area contributed by atoms with Crippen molar-refractivity contribution in [1.82, 2.24) is 0 Å². The van der Waals surface area contributed by atoms with E-state index in [-0.39, 0.29) is 5.78 Å². The molecule has 1 unspecified atom stereocenters. The van der Waals surface area contributed by atoms with E-state index in [9.17, 15) is 9.59 Å². The van der Waals surface area contributed by atoms with Crippen molar-refractivity contribution < 1.29 is 9.59 Å². The Hall–Kier alpha value is -0.630. The SMILES string of the molecule is C=CC(=O)C(Cl)C(C)=O. The number of allylic oxidation sites excluding steroid dienone is 1. The summed E-state index contributed by atoms with van der Waals surface area (Å²) < 4.78 is 0. The summed E-state index contributed by atoms with van der Waals surface area (Å²) in [6.45, 7) is 4.44. The van der Waals surface area contributed by atoms with Crippen molar-refractivity contribution in [2.75, 3.05) is 0 Å². The van der Waals surface area contributed by atoms with Gasteiger partial charge in [-0.25, -0.2) is 0 Å². The predicted octanol–water partition coefficient (Wildman–Crippen LogP) is 0.938. The number of carbonyl (C=O) groups excluding carboxylic acids is 2. The minimum atomic E-state index is -1.04. The number of halogens is 1. The molecule has 0 amide bonds. The van der Waals surface area contributed by atoms with Crippen molar-refractivity contribution in [3.63, 3.8) is 0 Å². The Morgan fingerprint density at radius 3 is 2.22 bits per heavy atom. The second kappa shape index (κ2) is 3.41. The molecule has 0 bridgehead atoms. The summed E-state index contributed by atoms with van der Waals surface area (Å²) in [5.74, 6) is -0.786. The van der Waals surface area contributed by atoms with Crippen molar-refractivity contribution in [3.8, 4) is 0 Å². The standard InChI is InChI=1S/C6H7ClO2/c1-3-5(9)6(7)4(2)8/h3,6H,1H2,2H3. The quantitative estimate of drug-likeness (QED) is 0.337. The summed E-state index contributed by atoms with van der Waals surface area (Å²) in [6.07, 6.45) is 1.04. The van der Waals surface area contributed by atoms with E-state index in [1.54, 1.807) is 0 Å². The van der Waals surface area contributed by atoms with Gasteiger partial charge in [-0.15, -0.1) is 11.6 Å². The van der Waals surface area contributed by atoms with Gasteiger partial charge in [0.1, 0.15) is 0 Å². The van der Waals surface area contributed by atoms with Crippen LogP contribution in [0.4, 0.5) is 0 Å². The molecule has 9 heavy (non-hydrogen) atoms. The van der Waals surface area contributed by atoms with Gasteiger partial charge in [0.25, 0.3) is 0 Å². The molecule has 0 aromatic carbocycles. The van der Waals surface area contributed by atoms with Crippen LogP contribution >= 0.6 is 11.6 Å². The third kappa shape index (κ3) is 2.42. The first-order valence-corrected chi connectivity index (χ1v) is 2.84. The lowest BCUT2D eigenvalue weighted by Gasteiger charge is -1.96. The van der Waals surface area contributed by atoms with Gasteiger partial charge in [-0.3, -0.25) is 9.59 Å². The number of carbonyl (C=O) groups is 2. The van der Waals surface area contributed by atoms with Gasteiger partial charge in [0.05, 0.1) is 0 Å². The van der Waals surface area contributed by atoms with Crippen LogP contribution in [-0.2, 0) is 9.59 Å². The zero-order valence-corrected chi connectivity index (χ0v) is 5.81. The number of hydrogen-bond acceptors (Lipinski definition) is 2. The van der Waals surface area contributed by atoms with E-state index in [1.165, 1.54) is 6.92 Å². The molecule has 0 aromatic rings. The van der Waals surface area contributed by atoms with Crippen LogP contribution in [0.2, 0.25) is 0 Å². The number of alkyl halides is 1. The van der Waals surface area contributed by atoms with Gasteiger partial charge in [0.15, 0.2) is 16.9 Å². The maximum Gasteiger partial charge on any atom is 0.180 e. The Labute approximate surface area is 58.5 Å². The van der Waals surface area contributed by atoms with Crippen LogP contribution in [0.3, 0.4) is 0 Å². The Bertz CT molecular complexity index is 151. The van der Waals surface area contributed by atoms with Gasteiger partial charge in [-0.2, -0.15) is 0 Å². The Morgan fingerprint density at radius 1 is 1.67 bits per heavy atom. The van der Waals surface area contributed by atoms with Crippen LogP contribution in [0.25, 0.3) is 0 Å². The van der Waals surface area contributed by atoms with Gasteiger partial charge in [-0.1, -0.05) is 6.58 Å². The minimum absolute atomic E-state index is 0.346. The van der Waals surface area contributed by atoms with E-state index in [2.05, 4.69) is 6.58 Å². The lowest BCUT2D eigenvalue weighted by atomic mass is 10.2. The van der Waals surface area contributed by atoms with E-state index in [1.807, 2.05) is 0 Å². The maximum absolute atomic E-state index is 10.5. The van der Waals surface area contributed by atoms with E-state index < -0.39 is 11.2 Å². The van der Waals surface area contributed by atoms with E-state index in [0.29, 0.717) is 0 Å². The zero-order chi connectivity index (χ0) is 7.44. The van der Waals surface area contributed by atoms with Crippen LogP contribution in [0.5, 0.6) is 0 Å². The summed E-state index contributed by atoms with van der Waals surface area (Å²) in [5.41, 5.74) is 0. The van der Waals surface area contributed by atoms with Crippen LogP contribution in [0.1, 0.15) is 6.92 Å². The lowest BCUT2D eigenvalue weighted by molar-refractivity contribution is -0.122. The molecule has 0 aliphatic rings. The Kier molecular flexibility index (Phi) is 3.17. The summed E-state index contributed by atoms with van der Waals surface area (Å²) in [5, 5.41) is -1.04. The van der Waals surface area contributed by atoms with Crippen LogP contribution in [0.15, 0.2) is 12.7 Å². The first kappa shape index (κ1) is 8.37. The number of rotatable bonds is 3. The van der Waals surface area contributed by atoms with Gasteiger partial charge < -0.3 is 0 Å². The van der Waals surface area contributed by atoms with E-state index >= 15 is 0 Å². The average Bonchev–Trinajstić information content (AvgIpc) is 1.84. The predicted molar refractivity (Wildman–Crippen MR) is 35.5 cm³/mol. The molecular weight excluding hydrogens is 140 g/mol. The van der Waals surface area contributed by atoms with E-state index in [4.69, 9.17) is 11.6 Å². The third-order valence-corrected chi connectivity index (χ3v) is 1.33. The maximum atomic E-state index is 10.5. The summed E-state index contributed by atoms with van der Waals surface area (Å²) in [4.78, 5) is 20.8. The fourth-order valence-corrected chi connectivity index (χ4v) is 0.393. The highest BCUT2D eigenvalue weighted by Crippen LogP contribution is 1.98. The normalized spacial score (nSPS) is 12.2. The van der Waals surface area contributed by atoms with Crippen LogP contribution in [-0.4, -0.2) is 16.9 Å². The second-order valence-electron chi connectivity index (χ2n) is 1.58. The van der Waals surface area contributed by atoms with Gasteiger partial charge in [0, 0.05) is 0 Å². The molecule has 3 heteroatoms. The van der Waals surface area contributed by atoms with E-state index in [0.717, 1.165) is 6.08 Å². The van der Waals surface area contributed by atoms with Crippen molar-refractivity contribution in [2.24, 2.45) is 0 Å². The monoisotopic (exact) mass is 146 g/mol. The Morgan fingerprint density at radius 2 is 2.11 bits per heavy atom. The topological polar surface area (TPSA) is 34.1 Å². The smallest absolute Gasteiger partial charge is 0.180 e. The lowest BCUT2D eigenvalue weighted by Crippen LogP contribution is -2.19. The molecule has 0 radical (unpaired) electrons. The molecule has 0 fully saturated rings. The van der Waals surface area contributed by atoms with Crippen molar-refractivity contribution >= 4 is 23.2 Å².